The van der Waals surface area contributed by atoms with Gasteiger partial charge in [0.2, 0.25) is 5.88 Å². The monoisotopic (exact) mass is 479 g/mol. The smallest absolute Gasteiger partial charge is 0.302 e. The number of carbonyl (C=O) groups excluding carboxylic acids is 1. The fourth-order valence-corrected chi connectivity index (χ4v) is 4.12. The van der Waals surface area contributed by atoms with E-state index in [1.54, 1.807) is 0 Å². The number of aromatic nitrogens is 1. The van der Waals surface area contributed by atoms with Gasteiger partial charge in [-0.15, -0.1) is 10.2 Å². The summed E-state index contributed by atoms with van der Waals surface area (Å²) in [6.07, 6.45) is 0. The average molecular weight is 481 g/mol. The lowest BCUT2D eigenvalue weighted by atomic mass is 10.2. The van der Waals surface area contributed by atoms with Crippen molar-refractivity contribution in [2.24, 2.45) is 10.2 Å². The van der Waals surface area contributed by atoms with Gasteiger partial charge < -0.3 is 14.8 Å². The Bertz CT molecular complexity index is 1000. The first kappa shape index (κ1) is 18.6. The molecule has 2 N–H and O–H groups in total. The van der Waals surface area contributed by atoms with Crippen LogP contribution in [-0.2, 0) is 4.79 Å². The highest BCUT2D eigenvalue weighted by Gasteiger charge is 2.13. The number of H-pyrrole nitrogens is 1. The van der Waals surface area contributed by atoms with Crippen LogP contribution in [0.5, 0.6) is 11.6 Å². The number of rotatable bonds is 4. The molecule has 3 aromatic rings. The SMILES string of the molecule is Cc1cc(Br)c(OCC(=O)N=Nc2c(O)[nH]c3ccc(C)cc23)c(Br)c1. The number of hydrogen-bond acceptors (Lipinski definition) is 4. The number of ether oxygens (including phenoxy) is 1. The van der Waals surface area contributed by atoms with E-state index >= 15 is 0 Å². The van der Waals surface area contributed by atoms with Crippen LogP contribution < -0.4 is 4.74 Å². The van der Waals surface area contributed by atoms with Gasteiger partial charge in [0.05, 0.1) is 14.5 Å². The van der Waals surface area contributed by atoms with Gasteiger partial charge in [-0.05, 0) is 75.5 Å². The van der Waals surface area contributed by atoms with Crippen molar-refractivity contribution >= 4 is 54.4 Å². The molecule has 0 saturated heterocycles. The predicted octanol–water partition coefficient (Wildman–Crippen LogP) is 5.70. The van der Waals surface area contributed by atoms with Crippen molar-refractivity contribution in [3.63, 3.8) is 0 Å². The van der Waals surface area contributed by atoms with Crippen molar-refractivity contribution in [2.75, 3.05) is 6.61 Å². The van der Waals surface area contributed by atoms with Gasteiger partial charge in [0.1, 0.15) is 5.75 Å². The van der Waals surface area contributed by atoms with E-state index in [-0.39, 0.29) is 18.2 Å². The quantitative estimate of drug-likeness (QED) is 0.469. The Morgan fingerprint density at radius 3 is 2.54 bits per heavy atom. The zero-order valence-corrected chi connectivity index (χ0v) is 17.2. The minimum absolute atomic E-state index is 0.132. The third kappa shape index (κ3) is 3.96. The van der Waals surface area contributed by atoms with Crippen LogP contribution in [0.2, 0.25) is 0 Å². The zero-order valence-electron chi connectivity index (χ0n) is 14.0. The van der Waals surface area contributed by atoms with E-state index in [2.05, 4.69) is 47.1 Å². The number of azo groups is 1. The van der Waals surface area contributed by atoms with Crippen LogP contribution in [0.4, 0.5) is 5.69 Å². The van der Waals surface area contributed by atoms with Gasteiger partial charge in [0.15, 0.2) is 12.3 Å². The summed E-state index contributed by atoms with van der Waals surface area (Å²) in [5, 5.41) is 18.2. The molecule has 2 aromatic carbocycles. The topological polar surface area (TPSA) is 87.0 Å². The van der Waals surface area contributed by atoms with Gasteiger partial charge in [0, 0.05) is 5.39 Å². The minimum atomic E-state index is -0.564. The molecule has 6 nitrogen and oxygen atoms in total. The summed E-state index contributed by atoms with van der Waals surface area (Å²) >= 11 is 6.81. The second-order valence-electron chi connectivity index (χ2n) is 5.81. The lowest BCUT2D eigenvalue weighted by Crippen LogP contribution is -2.08. The maximum Gasteiger partial charge on any atom is 0.302 e. The molecule has 0 saturated carbocycles. The van der Waals surface area contributed by atoms with Crippen molar-refractivity contribution in [1.82, 2.24) is 4.98 Å². The fraction of sp³-hybridized carbons (Fsp3) is 0.167. The van der Waals surface area contributed by atoms with Crippen LogP contribution in [0, 0.1) is 13.8 Å². The normalized spacial score (nSPS) is 11.4. The Balaban J connectivity index is 1.75. The predicted molar refractivity (Wildman–Crippen MR) is 106 cm³/mol. The number of amides is 1. The van der Waals surface area contributed by atoms with Gasteiger partial charge >= 0.3 is 5.91 Å². The molecule has 0 aliphatic heterocycles. The molecular formula is C18H15Br2N3O3. The highest BCUT2D eigenvalue weighted by atomic mass is 79.9. The van der Waals surface area contributed by atoms with Crippen LogP contribution in [0.25, 0.3) is 10.9 Å². The summed E-state index contributed by atoms with van der Waals surface area (Å²) in [7, 11) is 0. The second-order valence-corrected chi connectivity index (χ2v) is 7.52. The Labute approximate surface area is 166 Å². The standard InChI is InChI=1S/C18H15Br2N3O3/c1-9-3-4-14-11(5-9)16(18(25)21-14)23-22-15(24)8-26-17-12(19)6-10(2)7-13(17)20/h3-7,21,25H,8H2,1-2H3. The van der Waals surface area contributed by atoms with E-state index < -0.39 is 5.91 Å². The molecule has 0 atom stereocenters. The molecule has 0 aliphatic carbocycles. The van der Waals surface area contributed by atoms with Crippen LogP contribution in [-0.4, -0.2) is 22.6 Å². The average Bonchev–Trinajstić information content (AvgIpc) is 2.86. The van der Waals surface area contributed by atoms with Crippen molar-refractivity contribution in [1.29, 1.82) is 0 Å². The van der Waals surface area contributed by atoms with E-state index in [0.29, 0.717) is 11.1 Å². The highest BCUT2D eigenvalue weighted by Crippen LogP contribution is 2.36. The van der Waals surface area contributed by atoms with Gasteiger partial charge in [-0.2, -0.15) is 0 Å². The number of nitrogens with one attached hydrogen (secondary N) is 1. The third-order valence-electron chi connectivity index (χ3n) is 3.65. The Morgan fingerprint density at radius 1 is 1.15 bits per heavy atom. The molecule has 0 radical (unpaired) electrons. The Morgan fingerprint density at radius 2 is 1.85 bits per heavy atom. The summed E-state index contributed by atoms with van der Waals surface area (Å²) in [5.74, 6) is -0.178. The van der Waals surface area contributed by atoms with E-state index in [1.807, 2.05) is 44.2 Å². The molecular weight excluding hydrogens is 466 g/mol. The molecule has 1 aromatic heterocycles. The molecule has 134 valence electrons. The molecule has 1 heterocycles. The second kappa shape index (κ2) is 7.59. The zero-order chi connectivity index (χ0) is 18.8. The van der Waals surface area contributed by atoms with E-state index in [0.717, 1.165) is 25.6 Å². The molecule has 0 spiro atoms. The number of nitrogens with zero attached hydrogens (tertiary/aromatic N) is 2. The Kier molecular flexibility index (Phi) is 5.43. The maximum atomic E-state index is 12.0. The first-order chi connectivity index (χ1) is 12.3. The number of halogens is 2. The molecule has 26 heavy (non-hydrogen) atoms. The van der Waals surface area contributed by atoms with Crippen LogP contribution in [0.3, 0.4) is 0 Å². The molecule has 0 fully saturated rings. The molecule has 1 amide bonds. The van der Waals surface area contributed by atoms with Crippen LogP contribution in [0.15, 0.2) is 49.5 Å². The van der Waals surface area contributed by atoms with Crippen LogP contribution >= 0.6 is 31.9 Å². The van der Waals surface area contributed by atoms with Gasteiger partial charge in [-0.3, -0.25) is 4.79 Å². The number of aromatic amines is 1. The first-order valence-corrected chi connectivity index (χ1v) is 9.28. The van der Waals surface area contributed by atoms with E-state index in [1.165, 1.54) is 0 Å². The summed E-state index contributed by atoms with van der Waals surface area (Å²) < 4.78 is 6.99. The number of fused-ring (bicyclic) bond motifs is 1. The first-order valence-electron chi connectivity index (χ1n) is 7.69. The maximum absolute atomic E-state index is 12.0. The molecule has 8 heteroatoms. The minimum Gasteiger partial charge on any atom is -0.493 e. The van der Waals surface area contributed by atoms with Crippen molar-refractivity contribution in [3.8, 4) is 11.6 Å². The van der Waals surface area contributed by atoms with Crippen molar-refractivity contribution in [2.45, 2.75) is 13.8 Å². The number of hydrogen-bond donors (Lipinski definition) is 2. The summed E-state index contributed by atoms with van der Waals surface area (Å²) in [6.45, 7) is 3.61. The molecule has 0 bridgehead atoms. The number of aryl methyl sites for hydroxylation is 2. The fourth-order valence-electron chi connectivity index (χ4n) is 2.47. The summed E-state index contributed by atoms with van der Waals surface area (Å²) in [5.41, 5.74) is 3.01. The van der Waals surface area contributed by atoms with Gasteiger partial charge in [-0.25, -0.2) is 0 Å². The summed E-state index contributed by atoms with van der Waals surface area (Å²) in [4.78, 5) is 14.8. The molecule has 0 unspecified atom stereocenters. The number of aromatic hydroxyl groups is 1. The van der Waals surface area contributed by atoms with E-state index in [4.69, 9.17) is 4.74 Å². The Hall–Kier alpha value is -2.19. The molecule has 0 aliphatic rings. The molecule has 3 rings (SSSR count). The highest BCUT2D eigenvalue weighted by molar-refractivity contribution is 9.11. The van der Waals surface area contributed by atoms with E-state index in [9.17, 15) is 9.90 Å². The van der Waals surface area contributed by atoms with Gasteiger partial charge in [-0.1, -0.05) is 11.6 Å². The lowest BCUT2D eigenvalue weighted by Gasteiger charge is -2.09. The largest absolute Gasteiger partial charge is 0.493 e. The third-order valence-corrected chi connectivity index (χ3v) is 4.83. The van der Waals surface area contributed by atoms with Crippen molar-refractivity contribution in [3.05, 3.63) is 50.4 Å². The van der Waals surface area contributed by atoms with Crippen LogP contribution in [0.1, 0.15) is 11.1 Å². The summed E-state index contributed by atoms with van der Waals surface area (Å²) in [6, 6.07) is 9.38. The lowest BCUT2D eigenvalue weighted by molar-refractivity contribution is -0.120. The van der Waals surface area contributed by atoms with Crippen molar-refractivity contribution < 1.29 is 14.6 Å². The number of carbonyl (C=O) groups is 1. The number of benzene rings is 2. The van der Waals surface area contributed by atoms with Gasteiger partial charge in [0.25, 0.3) is 0 Å².